The SMILES string of the molecule is O=C(c1cc2ccc(F)cc2[nH]1)N1CCC[C@H]1CCc1ccncc1. The summed E-state index contributed by atoms with van der Waals surface area (Å²) in [4.78, 5) is 22.0. The maximum absolute atomic E-state index is 13.4. The molecule has 0 bridgehead atoms. The summed E-state index contributed by atoms with van der Waals surface area (Å²) in [6.45, 7) is 0.781. The van der Waals surface area contributed by atoms with Crippen molar-refractivity contribution in [2.24, 2.45) is 0 Å². The molecule has 5 heteroatoms. The van der Waals surface area contributed by atoms with Crippen LogP contribution in [0.25, 0.3) is 10.9 Å². The van der Waals surface area contributed by atoms with Gasteiger partial charge < -0.3 is 9.88 Å². The molecule has 0 aliphatic carbocycles. The number of rotatable bonds is 4. The van der Waals surface area contributed by atoms with Gasteiger partial charge in [0.15, 0.2) is 0 Å². The molecule has 128 valence electrons. The van der Waals surface area contributed by atoms with Crippen LogP contribution in [0, 0.1) is 5.82 Å². The first-order chi connectivity index (χ1) is 12.2. The summed E-state index contributed by atoms with van der Waals surface area (Å²) in [6.07, 6.45) is 7.56. The number of nitrogens with zero attached hydrogens (tertiary/aromatic N) is 2. The fourth-order valence-corrected chi connectivity index (χ4v) is 3.66. The molecule has 1 amide bonds. The molecule has 0 unspecified atom stereocenters. The van der Waals surface area contributed by atoms with Crippen LogP contribution in [0.15, 0.2) is 48.8 Å². The normalized spacial score (nSPS) is 17.3. The Labute approximate surface area is 145 Å². The number of amides is 1. The van der Waals surface area contributed by atoms with Crippen LogP contribution in [0.2, 0.25) is 0 Å². The first-order valence-corrected chi connectivity index (χ1v) is 8.69. The molecule has 1 aromatic carbocycles. The molecular formula is C20H20FN3O. The van der Waals surface area contributed by atoms with E-state index < -0.39 is 0 Å². The number of aromatic nitrogens is 2. The third-order valence-electron chi connectivity index (χ3n) is 4.97. The second kappa shape index (κ2) is 6.67. The van der Waals surface area contributed by atoms with Crippen molar-refractivity contribution in [2.75, 3.05) is 6.54 Å². The van der Waals surface area contributed by atoms with E-state index in [1.54, 1.807) is 18.5 Å². The van der Waals surface area contributed by atoms with E-state index in [1.165, 1.54) is 17.7 Å². The number of nitrogens with one attached hydrogen (secondary N) is 1. The lowest BCUT2D eigenvalue weighted by Gasteiger charge is -2.24. The number of aromatic amines is 1. The van der Waals surface area contributed by atoms with Gasteiger partial charge in [0.05, 0.1) is 0 Å². The van der Waals surface area contributed by atoms with Crippen LogP contribution >= 0.6 is 0 Å². The minimum Gasteiger partial charge on any atom is -0.350 e. The zero-order chi connectivity index (χ0) is 17.2. The summed E-state index contributed by atoms with van der Waals surface area (Å²) < 4.78 is 13.4. The zero-order valence-corrected chi connectivity index (χ0v) is 13.9. The standard InChI is InChI=1S/C20H20FN3O/c21-16-5-4-15-12-19(23-18(15)13-16)20(25)24-11-1-2-17(24)6-3-14-7-9-22-10-8-14/h4-5,7-10,12-13,17,23H,1-3,6,11H2/t17-/m0/s1. The molecule has 0 radical (unpaired) electrons. The summed E-state index contributed by atoms with van der Waals surface area (Å²) >= 11 is 0. The number of benzene rings is 1. The number of H-pyrrole nitrogens is 1. The van der Waals surface area contributed by atoms with Crippen molar-refractivity contribution in [2.45, 2.75) is 31.7 Å². The van der Waals surface area contributed by atoms with E-state index in [9.17, 15) is 9.18 Å². The fourth-order valence-electron chi connectivity index (χ4n) is 3.66. The third-order valence-corrected chi connectivity index (χ3v) is 4.97. The molecule has 1 aliphatic rings. The molecule has 1 fully saturated rings. The molecule has 0 saturated carbocycles. The van der Waals surface area contributed by atoms with E-state index in [-0.39, 0.29) is 17.8 Å². The molecule has 1 aliphatic heterocycles. The summed E-state index contributed by atoms with van der Waals surface area (Å²) in [7, 11) is 0. The number of hydrogen-bond donors (Lipinski definition) is 1. The van der Waals surface area contributed by atoms with E-state index in [2.05, 4.69) is 9.97 Å². The van der Waals surface area contributed by atoms with Gasteiger partial charge in [-0.1, -0.05) is 0 Å². The van der Waals surface area contributed by atoms with Crippen molar-refractivity contribution in [3.05, 3.63) is 65.9 Å². The van der Waals surface area contributed by atoms with Crippen LogP contribution in [-0.4, -0.2) is 33.4 Å². The summed E-state index contributed by atoms with van der Waals surface area (Å²) in [5, 5.41) is 0.859. The van der Waals surface area contributed by atoms with Crippen molar-refractivity contribution < 1.29 is 9.18 Å². The van der Waals surface area contributed by atoms with Crippen molar-refractivity contribution in [3.8, 4) is 0 Å². The number of carbonyl (C=O) groups excluding carboxylic acids is 1. The molecule has 4 nitrogen and oxygen atoms in total. The molecule has 1 saturated heterocycles. The lowest BCUT2D eigenvalue weighted by molar-refractivity contribution is 0.0725. The number of likely N-dealkylation sites (tertiary alicyclic amines) is 1. The highest BCUT2D eigenvalue weighted by molar-refractivity contribution is 5.98. The molecule has 2 aromatic heterocycles. The quantitative estimate of drug-likeness (QED) is 0.784. The number of carbonyl (C=O) groups is 1. The largest absolute Gasteiger partial charge is 0.350 e. The van der Waals surface area contributed by atoms with Gasteiger partial charge in [0, 0.05) is 35.9 Å². The topological polar surface area (TPSA) is 49.0 Å². The summed E-state index contributed by atoms with van der Waals surface area (Å²) in [5.41, 5.74) is 2.45. The third kappa shape index (κ3) is 3.27. The smallest absolute Gasteiger partial charge is 0.270 e. The van der Waals surface area contributed by atoms with Gasteiger partial charge in [-0.25, -0.2) is 4.39 Å². The van der Waals surface area contributed by atoms with Gasteiger partial charge in [-0.2, -0.15) is 0 Å². The Morgan fingerprint density at radius 1 is 1.24 bits per heavy atom. The lowest BCUT2D eigenvalue weighted by atomic mass is 10.0. The Bertz CT molecular complexity index is 890. The highest BCUT2D eigenvalue weighted by Crippen LogP contribution is 2.25. The maximum Gasteiger partial charge on any atom is 0.270 e. The molecule has 1 atom stereocenters. The predicted octanol–water partition coefficient (Wildman–Crippen LogP) is 3.94. The Balaban J connectivity index is 1.49. The second-order valence-corrected chi connectivity index (χ2v) is 6.60. The van der Waals surface area contributed by atoms with Crippen molar-refractivity contribution in [1.82, 2.24) is 14.9 Å². The van der Waals surface area contributed by atoms with Gasteiger partial charge in [0.25, 0.3) is 5.91 Å². The average molecular weight is 337 g/mol. The average Bonchev–Trinajstić information content (AvgIpc) is 3.26. The van der Waals surface area contributed by atoms with Crippen LogP contribution < -0.4 is 0 Å². The van der Waals surface area contributed by atoms with E-state index in [0.717, 1.165) is 37.6 Å². The molecule has 3 heterocycles. The van der Waals surface area contributed by atoms with Crippen LogP contribution in [0.4, 0.5) is 4.39 Å². The zero-order valence-electron chi connectivity index (χ0n) is 13.9. The minimum atomic E-state index is -0.301. The molecule has 1 N–H and O–H groups in total. The fraction of sp³-hybridized carbons (Fsp3) is 0.300. The molecule has 4 rings (SSSR count). The Hall–Kier alpha value is -2.69. The molecule has 0 spiro atoms. The van der Waals surface area contributed by atoms with Gasteiger partial charge in [-0.05, 0) is 67.6 Å². The number of aryl methyl sites for hydroxylation is 1. The van der Waals surface area contributed by atoms with Crippen LogP contribution in [0.1, 0.15) is 35.3 Å². The first-order valence-electron chi connectivity index (χ1n) is 8.69. The van der Waals surface area contributed by atoms with Crippen LogP contribution in [-0.2, 0) is 6.42 Å². The summed E-state index contributed by atoms with van der Waals surface area (Å²) in [5.74, 6) is -0.293. The number of pyridine rings is 1. The van der Waals surface area contributed by atoms with Gasteiger partial charge in [0.1, 0.15) is 11.5 Å². The Kier molecular flexibility index (Phi) is 4.22. The van der Waals surface area contributed by atoms with Crippen molar-refractivity contribution in [1.29, 1.82) is 0 Å². The molecule has 25 heavy (non-hydrogen) atoms. The van der Waals surface area contributed by atoms with Crippen LogP contribution in [0.3, 0.4) is 0 Å². The van der Waals surface area contributed by atoms with Crippen molar-refractivity contribution in [3.63, 3.8) is 0 Å². The maximum atomic E-state index is 13.4. The highest BCUT2D eigenvalue weighted by atomic mass is 19.1. The van der Waals surface area contributed by atoms with Gasteiger partial charge in [0.2, 0.25) is 0 Å². The lowest BCUT2D eigenvalue weighted by Crippen LogP contribution is -2.36. The van der Waals surface area contributed by atoms with Gasteiger partial charge >= 0.3 is 0 Å². The van der Waals surface area contributed by atoms with Crippen LogP contribution in [0.5, 0.6) is 0 Å². The minimum absolute atomic E-state index is 0.00818. The van der Waals surface area contributed by atoms with Gasteiger partial charge in [-0.3, -0.25) is 9.78 Å². The van der Waals surface area contributed by atoms with Gasteiger partial charge in [-0.15, -0.1) is 0 Å². The number of fused-ring (bicyclic) bond motifs is 1. The monoisotopic (exact) mass is 337 g/mol. The Morgan fingerprint density at radius 3 is 2.92 bits per heavy atom. The van der Waals surface area contributed by atoms with E-state index in [0.29, 0.717) is 11.2 Å². The van der Waals surface area contributed by atoms with Crippen molar-refractivity contribution >= 4 is 16.8 Å². The number of hydrogen-bond acceptors (Lipinski definition) is 2. The Morgan fingerprint density at radius 2 is 2.08 bits per heavy atom. The first kappa shape index (κ1) is 15.8. The van der Waals surface area contributed by atoms with E-state index >= 15 is 0 Å². The molecular weight excluding hydrogens is 317 g/mol. The predicted molar refractivity (Wildman–Crippen MR) is 94.9 cm³/mol. The number of halogens is 1. The second-order valence-electron chi connectivity index (χ2n) is 6.60. The van der Waals surface area contributed by atoms with E-state index in [4.69, 9.17) is 0 Å². The van der Waals surface area contributed by atoms with E-state index in [1.807, 2.05) is 23.1 Å². The summed E-state index contributed by atoms with van der Waals surface area (Å²) in [6, 6.07) is 10.7. The highest BCUT2D eigenvalue weighted by Gasteiger charge is 2.29. The molecule has 3 aromatic rings.